The highest BCUT2D eigenvalue weighted by molar-refractivity contribution is 8.08. The summed E-state index contributed by atoms with van der Waals surface area (Å²) in [4.78, 5) is 3.65. The number of hydrogen-bond donors (Lipinski definition) is 1. The highest BCUT2D eigenvalue weighted by atomic mass is 35.5. The molecule has 1 heterocycles. The molecule has 0 spiro atoms. The van der Waals surface area contributed by atoms with Crippen LogP contribution in [0.4, 0.5) is 5.69 Å². The number of sulfonamides is 1. The van der Waals surface area contributed by atoms with Crippen LogP contribution in [0.3, 0.4) is 0 Å². The van der Waals surface area contributed by atoms with Crippen LogP contribution in [0, 0.1) is 0 Å². The molecule has 90 valence electrons. The average Bonchev–Trinajstić information content (AvgIpc) is 2.04. The summed E-state index contributed by atoms with van der Waals surface area (Å²) in [6, 6.07) is 2.77. The second-order valence-electron chi connectivity index (χ2n) is 3.13. The van der Waals surface area contributed by atoms with Crippen molar-refractivity contribution in [2.24, 2.45) is 0 Å². The predicted molar refractivity (Wildman–Crippen MR) is 61.5 cm³/mol. The van der Waals surface area contributed by atoms with Crippen LogP contribution in [0.25, 0.3) is 0 Å². The molecule has 0 atom stereocenters. The molecule has 16 heavy (non-hydrogen) atoms. The van der Waals surface area contributed by atoms with Crippen molar-refractivity contribution < 1.29 is 16.8 Å². The summed E-state index contributed by atoms with van der Waals surface area (Å²) in [5.74, 6) is 0. The van der Waals surface area contributed by atoms with Crippen LogP contribution < -0.4 is 4.72 Å². The van der Waals surface area contributed by atoms with Gasteiger partial charge >= 0.3 is 0 Å². The molecule has 0 fully saturated rings. The molecule has 9 heteroatoms. The molecule has 0 bridgehead atoms. The number of hydrogen-bond acceptors (Lipinski definition) is 5. The van der Waals surface area contributed by atoms with Crippen molar-refractivity contribution in [3.8, 4) is 0 Å². The van der Waals surface area contributed by atoms with Gasteiger partial charge in [-0.05, 0) is 12.1 Å². The SMILES string of the molecule is CS(=O)(=O)CS(=O)(=O)Nc1ccc(Cl)nc1. The molecule has 1 aromatic heterocycles. The number of sulfone groups is 1. The second-order valence-corrected chi connectivity index (χ2v) is 7.75. The number of anilines is 1. The van der Waals surface area contributed by atoms with E-state index in [1.54, 1.807) is 0 Å². The summed E-state index contributed by atoms with van der Waals surface area (Å²) in [7, 11) is -7.53. The van der Waals surface area contributed by atoms with Gasteiger partial charge in [-0.1, -0.05) is 11.6 Å². The van der Waals surface area contributed by atoms with Gasteiger partial charge in [0.1, 0.15) is 5.15 Å². The fraction of sp³-hybridized carbons (Fsp3) is 0.286. The first kappa shape index (κ1) is 13.2. The van der Waals surface area contributed by atoms with Gasteiger partial charge in [-0.2, -0.15) is 0 Å². The van der Waals surface area contributed by atoms with E-state index in [9.17, 15) is 16.8 Å². The lowest BCUT2D eigenvalue weighted by Crippen LogP contribution is -2.22. The Labute approximate surface area is 98.6 Å². The van der Waals surface area contributed by atoms with Crippen molar-refractivity contribution in [3.63, 3.8) is 0 Å². The summed E-state index contributed by atoms with van der Waals surface area (Å²) in [6.07, 6.45) is 2.04. The molecule has 1 aromatic rings. The van der Waals surface area contributed by atoms with Crippen LogP contribution in [-0.2, 0) is 19.9 Å². The smallest absolute Gasteiger partial charge is 0.247 e. The first-order valence-electron chi connectivity index (χ1n) is 3.98. The van der Waals surface area contributed by atoms with Crippen LogP contribution in [0.2, 0.25) is 5.15 Å². The molecule has 0 unspecified atom stereocenters. The Balaban J connectivity index is 2.85. The molecule has 0 aliphatic heterocycles. The van der Waals surface area contributed by atoms with Crippen LogP contribution >= 0.6 is 11.6 Å². The zero-order valence-corrected chi connectivity index (χ0v) is 10.6. The maximum absolute atomic E-state index is 11.3. The number of nitrogens with one attached hydrogen (secondary N) is 1. The minimum atomic E-state index is -3.93. The monoisotopic (exact) mass is 284 g/mol. The van der Waals surface area contributed by atoms with Gasteiger partial charge in [0.15, 0.2) is 14.9 Å². The number of halogens is 1. The Hall–Kier alpha value is -0.860. The predicted octanol–water partition coefficient (Wildman–Crippen LogP) is 0.479. The van der Waals surface area contributed by atoms with Gasteiger partial charge in [-0.3, -0.25) is 4.72 Å². The van der Waals surface area contributed by atoms with Gasteiger partial charge < -0.3 is 0 Å². The topological polar surface area (TPSA) is 93.2 Å². The minimum Gasteiger partial charge on any atom is -0.281 e. The van der Waals surface area contributed by atoms with E-state index in [4.69, 9.17) is 11.6 Å². The Morgan fingerprint density at radius 1 is 1.31 bits per heavy atom. The van der Waals surface area contributed by atoms with E-state index in [1.165, 1.54) is 18.3 Å². The number of nitrogens with zero attached hydrogens (tertiary/aromatic N) is 1. The van der Waals surface area contributed by atoms with Gasteiger partial charge in [-0.25, -0.2) is 21.8 Å². The molecule has 0 aromatic carbocycles. The fourth-order valence-corrected chi connectivity index (χ4v) is 4.01. The summed E-state index contributed by atoms with van der Waals surface area (Å²) in [5.41, 5.74) is 0.160. The molecule has 0 radical (unpaired) electrons. The Morgan fingerprint density at radius 3 is 2.38 bits per heavy atom. The lowest BCUT2D eigenvalue weighted by molar-refractivity contribution is 0.595. The van der Waals surface area contributed by atoms with E-state index in [2.05, 4.69) is 9.71 Å². The molecular formula is C7H9ClN2O4S2. The summed E-state index contributed by atoms with van der Waals surface area (Å²) >= 11 is 5.51. The Bertz CT molecular complexity index is 565. The molecule has 0 aliphatic rings. The quantitative estimate of drug-likeness (QED) is 0.812. The maximum Gasteiger partial charge on any atom is 0.247 e. The third-order valence-corrected chi connectivity index (χ3v) is 5.09. The van der Waals surface area contributed by atoms with Gasteiger partial charge in [0.2, 0.25) is 10.0 Å². The third kappa shape index (κ3) is 4.77. The van der Waals surface area contributed by atoms with E-state index in [1.807, 2.05) is 0 Å². The molecule has 1 N–H and O–H groups in total. The fourth-order valence-electron chi connectivity index (χ4n) is 0.927. The molecule has 0 aliphatic carbocycles. The van der Waals surface area contributed by atoms with Crippen molar-refractivity contribution >= 4 is 37.1 Å². The van der Waals surface area contributed by atoms with Crippen LogP contribution in [0.1, 0.15) is 0 Å². The van der Waals surface area contributed by atoms with Gasteiger partial charge in [-0.15, -0.1) is 0 Å². The Morgan fingerprint density at radius 2 is 1.94 bits per heavy atom. The van der Waals surface area contributed by atoms with Crippen molar-refractivity contribution in [2.75, 3.05) is 16.1 Å². The zero-order chi connectivity index (χ0) is 12.4. The maximum atomic E-state index is 11.3. The summed E-state index contributed by atoms with van der Waals surface area (Å²) in [6.45, 7) is 0. The molecule has 0 saturated carbocycles. The second kappa shape index (κ2) is 4.56. The molecule has 6 nitrogen and oxygen atoms in total. The highest BCUT2D eigenvalue weighted by Gasteiger charge is 2.17. The van der Waals surface area contributed by atoms with Crippen molar-refractivity contribution in [3.05, 3.63) is 23.5 Å². The summed E-state index contributed by atoms with van der Waals surface area (Å²) < 4.78 is 46.4. The number of pyridine rings is 1. The van der Waals surface area contributed by atoms with Gasteiger partial charge in [0, 0.05) is 6.26 Å². The average molecular weight is 285 g/mol. The van der Waals surface area contributed by atoms with E-state index >= 15 is 0 Å². The van der Waals surface area contributed by atoms with E-state index in [0.717, 1.165) is 6.26 Å². The summed E-state index contributed by atoms with van der Waals surface area (Å²) in [5, 5.41) is -0.756. The molecule has 1 rings (SSSR count). The lowest BCUT2D eigenvalue weighted by atomic mass is 10.4. The van der Waals surface area contributed by atoms with E-state index < -0.39 is 24.9 Å². The standard InChI is InChI=1S/C7H9ClN2O4S2/c1-15(11,12)5-16(13,14)10-6-2-3-7(8)9-4-6/h2-4,10H,5H2,1H3. The third-order valence-electron chi connectivity index (χ3n) is 1.37. The normalized spacial score (nSPS) is 12.4. The largest absolute Gasteiger partial charge is 0.281 e. The Kier molecular flexibility index (Phi) is 3.76. The van der Waals surface area contributed by atoms with Crippen LogP contribution in [-0.4, -0.2) is 33.2 Å². The first-order chi connectivity index (χ1) is 7.18. The zero-order valence-electron chi connectivity index (χ0n) is 8.21. The first-order valence-corrected chi connectivity index (χ1v) is 8.07. The number of rotatable bonds is 4. The number of aromatic nitrogens is 1. The lowest BCUT2D eigenvalue weighted by Gasteiger charge is -2.06. The van der Waals surface area contributed by atoms with Crippen molar-refractivity contribution in [2.45, 2.75) is 0 Å². The molecule has 0 amide bonds. The van der Waals surface area contributed by atoms with Crippen molar-refractivity contribution in [1.29, 1.82) is 0 Å². The van der Waals surface area contributed by atoms with Crippen LogP contribution in [0.5, 0.6) is 0 Å². The van der Waals surface area contributed by atoms with E-state index in [-0.39, 0.29) is 10.8 Å². The van der Waals surface area contributed by atoms with Crippen LogP contribution in [0.15, 0.2) is 18.3 Å². The minimum absolute atomic E-state index is 0.160. The van der Waals surface area contributed by atoms with Gasteiger partial charge in [0.05, 0.1) is 11.9 Å². The van der Waals surface area contributed by atoms with E-state index in [0.29, 0.717) is 0 Å². The molecular weight excluding hydrogens is 276 g/mol. The van der Waals surface area contributed by atoms with Gasteiger partial charge in [0.25, 0.3) is 0 Å². The van der Waals surface area contributed by atoms with Crippen molar-refractivity contribution in [1.82, 2.24) is 4.98 Å². The molecule has 0 saturated heterocycles. The highest BCUT2D eigenvalue weighted by Crippen LogP contribution is 2.11.